The van der Waals surface area contributed by atoms with E-state index >= 15 is 0 Å². The molecule has 1 aliphatic heterocycles. The van der Waals surface area contributed by atoms with Crippen LogP contribution in [0.3, 0.4) is 0 Å². The van der Waals surface area contributed by atoms with Crippen LogP contribution >= 0.6 is 0 Å². The smallest absolute Gasteiger partial charge is 0.245 e. The highest BCUT2D eigenvalue weighted by Crippen LogP contribution is 2.27. The molecule has 3 rings (SSSR count). The zero-order valence-corrected chi connectivity index (χ0v) is 15.5. The molecule has 0 radical (unpaired) electrons. The van der Waals surface area contributed by atoms with E-state index in [2.05, 4.69) is 31.8 Å². The van der Waals surface area contributed by atoms with Gasteiger partial charge in [-0.15, -0.1) is 0 Å². The SMILES string of the molecule is C=CC(=O)N1CCC[C@H](c2cc(Nc3nc(C)cc(C)n3)nc(C)n2)C1. The maximum Gasteiger partial charge on any atom is 0.245 e. The van der Waals surface area contributed by atoms with E-state index < -0.39 is 0 Å². The Morgan fingerprint density at radius 2 is 1.92 bits per heavy atom. The predicted octanol–water partition coefficient (Wildman–Crippen LogP) is 2.83. The highest BCUT2D eigenvalue weighted by Gasteiger charge is 2.25. The molecule has 0 saturated carbocycles. The van der Waals surface area contributed by atoms with Gasteiger partial charge in [-0.2, -0.15) is 0 Å². The van der Waals surface area contributed by atoms with Crippen molar-refractivity contribution < 1.29 is 4.79 Å². The first-order chi connectivity index (χ1) is 12.4. The first-order valence-corrected chi connectivity index (χ1v) is 8.81. The third kappa shape index (κ3) is 4.22. The van der Waals surface area contributed by atoms with Crippen LogP contribution in [0.5, 0.6) is 0 Å². The van der Waals surface area contributed by atoms with Crippen molar-refractivity contribution in [2.75, 3.05) is 18.4 Å². The lowest BCUT2D eigenvalue weighted by atomic mass is 9.94. The molecule has 7 nitrogen and oxygen atoms in total. The number of anilines is 2. The van der Waals surface area contributed by atoms with Gasteiger partial charge in [-0.25, -0.2) is 19.9 Å². The fraction of sp³-hybridized carbons (Fsp3) is 0.421. The number of carbonyl (C=O) groups is 1. The van der Waals surface area contributed by atoms with E-state index in [-0.39, 0.29) is 11.8 Å². The Labute approximate surface area is 153 Å². The van der Waals surface area contributed by atoms with Crippen LogP contribution in [0, 0.1) is 20.8 Å². The number of rotatable bonds is 4. The Morgan fingerprint density at radius 1 is 1.19 bits per heavy atom. The molecular weight excluding hydrogens is 328 g/mol. The Bertz CT molecular complexity index is 815. The highest BCUT2D eigenvalue weighted by molar-refractivity contribution is 5.87. The van der Waals surface area contributed by atoms with Crippen molar-refractivity contribution in [1.29, 1.82) is 0 Å². The first-order valence-electron chi connectivity index (χ1n) is 8.81. The molecule has 2 aromatic rings. The largest absolute Gasteiger partial charge is 0.339 e. The number of aryl methyl sites for hydroxylation is 3. The average molecular weight is 352 g/mol. The number of amides is 1. The number of hydrogen-bond acceptors (Lipinski definition) is 6. The minimum Gasteiger partial charge on any atom is -0.339 e. The van der Waals surface area contributed by atoms with Crippen molar-refractivity contribution in [3.63, 3.8) is 0 Å². The number of aromatic nitrogens is 4. The summed E-state index contributed by atoms with van der Waals surface area (Å²) in [5.41, 5.74) is 2.74. The zero-order valence-electron chi connectivity index (χ0n) is 15.5. The van der Waals surface area contributed by atoms with Crippen molar-refractivity contribution in [3.05, 3.63) is 47.7 Å². The maximum absolute atomic E-state index is 11.9. The van der Waals surface area contributed by atoms with Crippen molar-refractivity contribution in [1.82, 2.24) is 24.8 Å². The molecule has 0 aromatic carbocycles. The molecule has 0 bridgehead atoms. The Balaban J connectivity index is 1.83. The molecule has 0 unspecified atom stereocenters. The van der Waals surface area contributed by atoms with Gasteiger partial charge in [0.2, 0.25) is 11.9 Å². The quantitative estimate of drug-likeness (QED) is 0.852. The maximum atomic E-state index is 11.9. The number of carbonyl (C=O) groups excluding carboxylic acids is 1. The van der Waals surface area contributed by atoms with Crippen molar-refractivity contribution >= 4 is 17.7 Å². The normalized spacial score (nSPS) is 17.0. The Kier molecular flexibility index (Phi) is 5.25. The van der Waals surface area contributed by atoms with Crippen molar-refractivity contribution in [2.45, 2.75) is 39.5 Å². The summed E-state index contributed by atoms with van der Waals surface area (Å²) < 4.78 is 0. The average Bonchev–Trinajstić information content (AvgIpc) is 2.59. The van der Waals surface area contributed by atoms with Gasteiger partial charge in [0.1, 0.15) is 11.6 Å². The fourth-order valence-corrected chi connectivity index (χ4v) is 3.31. The molecule has 1 N–H and O–H groups in total. The van der Waals surface area contributed by atoms with E-state index in [1.165, 1.54) is 6.08 Å². The van der Waals surface area contributed by atoms with Crippen LogP contribution in [0.4, 0.5) is 11.8 Å². The van der Waals surface area contributed by atoms with Crippen molar-refractivity contribution in [2.24, 2.45) is 0 Å². The van der Waals surface area contributed by atoms with Crippen LogP contribution in [0.2, 0.25) is 0 Å². The topological polar surface area (TPSA) is 83.9 Å². The molecule has 136 valence electrons. The van der Waals surface area contributed by atoms with Gasteiger partial charge in [0, 0.05) is 36.5 Å². The highest BCUT2D eigenvalue weighted by atomic mass is 16.2. The van der Waals surface area contributed by atoms with Crippen LogP contribution in [0.1, 0.15) is 41.7 Å². The summed E-state index contributed by atoms with van der Waals surface area (Å²) in [6.45, 7) is 10.7. The summed E-state index contributed by atoms with van der Waals surface area (Å²) in [7, 11) is 0. The Morgan fingerprint density at radius 3 is 2.62 bits per heavy atom. The molecule has 1 fully saturated rings. The number of likely N-dealkylation sites (tertiary alicyclic amines) is 1. The summed E-state index contributed by atoms with van der Waals surface area (Å²) >= 11 is 0. The lowest BCUT2D eigenvalue weighted by molar-refractivity contribution is -0.127. The molecule has 7 heteroatoms. The van der Waals surface area contributed by atoms with Crippen molar-refractivity contribution in [3.8, 4) is 0 Å². The monoisotopic (exact) mass is 352 g/mol. The molecule has 1 saturated heterocycles. The lowest BCUT2D eigenvalue weighted by Crippen LogP contribution is -2.38. The molecule has 1 amide bonds. The van der Waals surface area contributed by atoms with Gasteiger partial charge in [0.05, 0.1) is 5.69 Å². The fourth-order valence-electron chi connectivity index (χ4n) is 3.31. The van der Waals surface area contributed by atoms with Crippen LogP contribution in [0.15, 0.2) is 24.8 Å². The van der Waals surface area contributed by atoms with Crippen LogP contribution in [-0.4, -0.2) is 43.8 Å². The number of nitrogens with one attached hydrogen (secondary N) is 1. The van der Waals surface area contributed by atoms with E-state index in [1.807, 2.05) is 37.8 Å². The van der Waals surface area contributed by atoms with Gasteiger partial charge in [-0.1, -0.05) is 6.58 Å². The van der Waals surface area contributed by atoms with Gasteiger partial charge < -0.3 is 10.2 Å². The molecule has 2 aromatic heterocycles. The molecule has 3 heterocycles. The van der Waals surface area contributed by atoms with Crippen LogP contribution < -0.4 is 5.32 Å². The van der Waals surface area contributed by atoms with Gasteiger partial charge >= 0.3 is 0 Å². The van der Waals surface area contributed by atoms with Gasteiger partial charge in [-0.3, -0.25) is 4.79 Å². The second-order valence-electron chi connectivity index (χ2n) is 6.65. The summed E-state index contributed by atoms with van der Waals surface area (Å²) in [4.78, 5) is 31.6. The van der Waals surface area contributed by atoms with E-state index in [1.54, 1.807) is 0 Å². The predicted molar refractivity (Wildman–Crippen MR) is 100 cm³/mol. The molecular formula is C19H24N6O. The third-order valence-corrected chi connectivity index (χ3v) is 4.41. The third-order valence-electron chi connectivity index (χ3n) is 4.41. The van der Waals surface area contributed by atoms with E-state index in [4.69, 9.17) is 0 Å². The second kappa shape index (κ2) is 7.59. The van der Waals surface area contributed by atoms with Gasteiger partial charge in [0.15, 0.2) is 0 Å². The number of piperidine rings is 1. The summed E-state index contributed by atoms with van der Waals surface area (Å²) in [6.07, 6.45) is 3.32. The summed E-state index contributed by atoms with van der Waals surface area (Å²) in [6, 6.07) is 3.86. The van der Waals surface area contributed by atoms with Gasteiger partial charge in [-0.05, 0) is 45.8 Å². The summed E-state index contributed by atoms with van der Waals surface area (Å²) in [5.74, 6) is 2.04. The second-order valence-corrected chi connectivity index (χ2v) is 6.65. The molecule has 26 heavy (non-hydrogen) atoms. The Hall–Kier alpha value is -2.83. The van der Waals surface area contributed by atoms with Crippen LogP contribution in [-0.2, 0) is 4.79 Å². The number of nitrogens with zero attached hydrogens (tertiary/aromatic N) is 5. The molecule has 1 atom stereocenters. The molecule has 0 aliphatic carbocycles. The van der Waals surface area contributed by atoms with Crippen LogP contribution in [0.25, 0.3) is 0 Å². The first kappa shape index (κ1) is 18.0. The minimum absolute atomic E-state index is 0.0255. The zero-order chi connectivity index (χ0) is 18.7. The van der Waals surface area contributed by atoms with E-state index in [9.17, 15) is 4.79 Å². The molecule has 1 aliphatic rings. The summed E-state index contributed by atoms with van der Waals surface area (Å²) in [5, 5.41) is 3.18. The van der Waals surface area contributed by atoms with Gasteiger partial charge in [0.25, 0.3) is 0 Å². The standard InChI is InChI=1S/C19H24N6O/c1-5-18(26)25-8-6-7-15(11-25)16-10-17(23-14(4)22-16)24-19-20-12(2)9-13(3)21-19/h5,9-10,15H,1,6-8,11H2,2-4H3,(H,20,21,22,23,24)/t15-/m0/s1. The van der Waals surface area contributed by atoms with E-state index in [0.29, 0.717) is 24.1 Å². The van der Waals surface area contributed by atoms with E-state index in [0.717, 1.165) is 36.5 Å². The lowest BCUT2D eigenvalue weighted by Gasteiger charge is -2.32. The number of hydrogen-bond donors (Lipinski definition) is 1. The minimum atomic E-state index is -0.0255. The molecule has 0 spiro atoms.